The zero-order valence-corrected chi connectivity index (χ0v) is 15.7. The first-order chi connectivity index (χ1) is 13.5. The number of rotatable bonds is 6. The molecule has 0 aliphatic heterocycles. The van der Waals surface area contributed by atoms with Crippen LogP contribution in [0.4, 0.5) is 19.0 Å². The Morgan fingerprint density at radius 3 is 2.21 bits per heavy atom. The lowest BCUT2D eigenvalue weighted by Gasteiger charge is -2.13. The molecule has 0 saturated heterocycles. The second-order valence-electron chi connectivity index (χ2n) is 5.35. The highest BCUT2D eigenvalue weighted by Crippen LogP contribution is 2.28. The van der Waals surface area contributed by atoms with Crippen molar-refractivity contribution in [1.82, 2.24) is 9.82 Å². The molecule has 0 unspecified atom stereocenters. The number of nitrogens with zero attached hydrogens (tertiary/aromatic N) is 1. The van der Waals surface area contributed by atoms with Crippen LogP contribution in [0.5, 0.6) is 0 Å². The van der Waals surface area contributed by atoms with Gasteiger partial charge < -0.3 is 9.47 Å². The van der Waals surface area contributed by atoms with Crippen LogP contribution in [-0.4, -0.2) is 39.6 Å². The van der Waals surface area contributed by atoms with Gasteiger partial charge in [0.25, 0.3) is 10.0 Å². The van der Waals surface area contributed by atoms with E-state index in [1.807, 2.05) is 4.83 Å². The van der Waals surface area contributed by atoms with Gasteiger partial charge in [0, 0.05) is 6.20 Å². The molecule has 2 aromatic rings. The molecule has 2 rings (SSSR count). The lowest BCUT2D eigenvalue weighted by Crippen LogP contribution is -2.31. The summed E-state index contributed by atoms with van der Waals surface area (Å²) in [4.78, 5) is 28.2. The van der Waals surface area contributed by atoms with Gasteiger partial charge >= 0.3 is 18.1 Å². The van der Waals surface area contributed by atoms with E-state index in [0.29, 0.717) is 12.3 Å². The molecule has 0 atom stereocenters. The molecular formula is C16H14F3N3O6S. The second kappa shape index (κ2) is 8.45. The number of carbonyl (C=O) groups is 2. The van der Waals surface area contributed by atoms with Crippen LogP contribution in [0.25, 0.3) is 0 Å². The number of nitrogens with one attached hydrogen (secondary N) is 2. The van der Waals surface area contributed by atoms with E-state index in [0.717, 1.165) is 32.4 Å². The molecule has 0 saturated carbocycles. The minimum atomic E-state index is -4.60. The van der Waals surface area contributed by atoms with Crippen molar-refractivity contribution in [2.45, 2.75) is 11.1 Å². The van der Waals surface area contributed by atoms with E-state index in [4.69, 9.17) is 0 Å². The summed E-state index contributed by atoms with van der Waals surface area (Å²) in [6, 6.07) is 4.71. The Bertz CT molecular complexity index is 1020. The Morgan fingerprint density at radius 1 is 1.03 bits per heavy atom. The highest BCUT2D eigenvalue weighted by atomic mass is 32.2. The first kappa shape index (κ1) is 22.1. The fourth-order valence-electron chi connectivity index (χ4n) is 2.08. The molecule has 0 amide bonds. The zero-order chi connectivity index (χ0) is 21.8. The van der Waals surface area contributed by atoms with Crippen LogP contribution in [0.1, 0.15) is 26.3 Å². The number of methoxy groups -OCH3 is 2. The van der Waals surface area contributed by atoms with Gasteiger partial charge in [0.1, 0.15) is 5.82 Å². The Labute approximate surface area is 162 Å². The Balaban J connectivity index is 2.33. The molecule has 0 aliphatic carbocycles. The number of ether oxygens (including phenoxy) is 2. The number of anilines is 1. The highest BCUT2D eigenvalue weighted by molar-refractivity contribution is 7.89. The quantitative estimate of drug-likeness (QED) is 0.524. The fourth-order valence-corrected chi connectivity index (χ4v) is 3.15. The van der Waals surface area contributed by atoms with Crippen molar-refractivity contribution in [3.63, 3.8) is 0 Å². The third-order valence-corrected chi connectivity index (χ3v) is 4.79. The molecule has 9 nitrogen and oxygen atoms in total. The molecule has 13 heteroatoms. The molecule has 156 valence electrons. The van der Waals surface area contributed by atoms with Gasteiger partial charge in [-0.1, -0.05) is 0 Å². The summed E-state index contributed by atoms with van der Waals surface area (Å²) >= 11 is 0. The summed E-state index contributed by atoms with van der Waals surface area (Å²) in [7, 11) is -2.36. The van der Waals surface area contributed by atoms with Crippen LogP contribution in [0.15, 0.2) is 41.4 Å². The highest BCUT2D eigenvalue weighted by Gasteiger charge is 2.31. The van der Waals surface area contributed by atoms with E-state index >= 15 is 0 Å². The topological polar surface area (TPSA) is 124 Å². The van der Waals surface area contributed by atoms with Gasteiger partial charge in [-0.15, -0.1) is 4.83 Å². The first-order valence-electron chi connectivity index (χ1n) is 7.61. The molecule has 2 N–H and O–H groups in total. The van der Waals surface area contributed by atoms with Gasteiger partial charge in [-0.25, -0.2) is 23.0 Å². The van der Waals surface area contributed by atoms with Crippen LogP contribution in [0.2, 0.25) is 0 Å². The van der Waals surface area contributed by atoms with E-state index in [1.54, 1.807) is 0 Å². The van der Waals surface area contributed by atoms with Crippen molar-refractivity contribution in [1.29, 1.82) is 0 Å². The Kier molecular flexibility index (Phi) is 6.44. The lowest BCUT2D eigenvalue weighted by atomic mass is 10.1. The lowest BCUT2D eigenvalue weighted by molar-refractivity contribution is -0.137. The minimum Gasteiger partial charge on any atom is -0.465 e. The average molecular weight is 433 g/mol. The van der Waals surface area contributed by atoms with Crippen molar-refractivity contribution in [2.24, 2.45) is 0 Å². The van der Waals surface area contributed by atoms with Crippen molar-refractivity contribution in [2.75, 3.05) is 19.6 Å². The molecule has 1 heterocycles. The predicted octanol–water partition coefficient (Wildman–Crippen LogP) is 1.98. The first-order valence-corrected chi connectivity index (χ1v) is 9.09. The second-order valence-corrected chi connectivity index (χ2v) is 7.01. The number of alkyl halides is 3. The van der Waals surface area contributed by atoms with Gasteiger partial charge in [0.15, 0.2) is 0 Å². The van der Waals surface area contributed by atoms with E-state index in [2.05, 4.69) is 19.9 Å². The van der Waals surface area contributed by atoms with E-state index in [9.17, 15) is 31.2 Å². The number of benzene rings is 1. The smallest absolute Gasteiger partial charge is 0.417 e. The van der Waals surface area contributed by atoms with Crippen molar-refractivity contribution in [3.05, 3.63) is 53.2 Å². The molecule has 0 bridgehead atoms. The van der Waals surface area contributed by atoms with Crippen molar-refractivity contribution >= 4 is 27.8 Å². The molecule has 0 radical (unpaired) electrons. The number of pyridine rings is 1. The molecular weight excluding hydrogens is 419 g/mol. The molecule has 0 aliphatic rings. The monoisotopic (exact) mass is 433 g/mol. The zero-order valence-electron chi connectivity index (χ0n) is 14.9. The fraction of sp³-hybridized carbons (Fsp3) is 0.188. The summed E-state index contributed by atoms with van der Waals surface area (Å²) in [6.07, 6.45) is -4.09. The van der Waals surface area contributed by atoms with Crippen molar-refractivity contribution < 1.29 is 40.7 Å². The number of esters is 2. The molecule has 1 aromatic heterocycles. The third-order valence-electron chi connectivity index (χ3n) is 3.50. The summed E-state index contributed by atoms with van der Waals surface area (Å²) in [5.74, 6) is -2.09. The normalized spacial score (nSPS) is 11.6. The van der Waals surface area contributed by atoms with Gasteiger partial charge in [-0.3, -0.25) is 5.43 Å². The number of sulfonamides is 1. The number of hydrogen-bond acceptors (Lipinski definition) is 8. The minimum absolute atomic E-state index is 0.159. The summed E-state index contributed by atoms with van der Waals surface area (Å²) in [6.45, 7) is 0. The maximum absolute atomic E-state index is 12.6. The van der Waals surface area contributed by atoms with Crippen LogP contribution >= 0.6 is 0 Å². The third kappa shape index (κ3) is 5.20. The molecule has 0 spiro atoms. The number of hydrogen-bond donors (Lipinski definition) is 2. The summed E-state index contributed by atoms with van der Waals surface area (Å²) in [5, 5.41) is 0. The van der Waals surface area contributed by atoms with Crippen LogP contribution in [0, 0.1) is 0 Å². The largest absolute Gasteiger partial charge is 0.465 e. The predicted molar refractivity (Wildman–Crippen MR) is 92.3 cm³/mol. The van der Waals surface area contributed by atoms with Gasteiger partial charge in [0.05, 0.1) is 35.8 Å². The van der Waals surface area contributed by atoms with Crippen LogP contribution in [0.3, 0.4) is 0 Å². The van der Waals surface area contributed by atoms with E-state index in [1.165, 1.54) is 6.07 Å². The van der Waals surface area contributed by atoms with Crippen molar-refractivity contribution in [3.8, 4) is 0 Å². The molecule has 0 fully saturated rings. The Morgan fingerprint density at radius 2 is 1.69 bits per heavy atom. The summed E-state index contributed by atoms with van der Waals surface area (Å²) < 4.78 is 71.9. The van der Waals surface area contributed by atoms with Crippen LogP contribution < -0.4 is 10.3 Å². The standard InChI is InChI=1S/C16H14F3N3O6S/c1-27-14(23)9-3-5-11(15(24)28-2)12(7-9)29(25,26)22-21-13-6-4-10(8-20-13)16(17,18)19/h3-8,22H,1-2H3,(H,20,21). The number of halogens is 3. The average Bonchev–Trinajstić information content (AvgIpc) is 2.70. The summed E-state index contributed by atoms with van der Waals surface area (Å²) in [5.41, 5.74) is 0.562. The number of aromatic nitrogens is 1. The van der Waals surface area contributed by atoms with Gasteiger partial charge in [-0.2, -0.15) is 13.2 Å². The maximum atomic E-state index is 12.6. The van der Waals surface area contributed by atoms with Crippen LogP contribution in [-0.2, 0) is 25.7 Å². The Hall–Kier alpha value is -3.19. The molecule has 1 aromatic carbocycles. The molecule has 29 heavy (non-hydrogen) atoms. The van der Waals surface area contributed by atoms with Gasteiger partial charge in [0.2, 0.25) is 0 Å². The SMILES string of the molecule is COC(=O)c1ccc(C(=O)OC)c(S(=O)(=O)NNc2ccc(C(F)(F)F)cn2)c1. The van der Waals surface area contributed by atoms with Gasteiger partial charge in [-0.05, 0) is 30.3 Å². The van der Waals surface area contributed by atoms with E-state index in [-0.39, 0.29) is 16.9 Å². The maximum Gasteiger partial charge on any atom is 0.417 e. The number of carbonyl (C=O) groups excluding carboxylic acids is 2. The van der Waals surface area contributed by atoms with E-state index < -0.39 is 38.6 Å². The number of hydrazine groups is 1.